The zero-order valence-corrected chi connectivity index (χ0v) is 52.9. The van der Waals surface area contributed by atoms with E-state index in [0.29, 0.717) is 14.2 Å². The zero-order chi connectivity index (χ0) is 69.1. The molecule has 0 aromatic heterocycles. The summed E-state index contributed by atoms with van der Waals surface area (Å²) in [5.41, 5.74) is 0. The molecule has 4 rings (SSSR count). The highest BCUT2D eigenvalue weighted by atomic mass is 32.3. The predicted octanol–water partition coefficient (Wildman–Crippen LogP) is -11.6. The molecule has 0 spiro atoms. The second kappa shape index (κ2) is 34.1. The van der Waals surface area contributed by atoms with Crippen molar-refractivity contribution in [2.24, 2.45) is 0 Å². The highest BCUT2D eigenvalue weighted by Gasteiger charge is 2.59. The molecule has 0 aromatic carbocycles. The summed E-state index contributed by atoms with van der Waals surface area (Å²) >= 11 is 0. The van der Waals surface area contributed by atoms with E-state index in [2.05, 4.69) is 25.1 Å². The third-order valence-corrected chi connectivity index (χ3v) is 15.9. The molecular formula is C39H60O46S6-8. The Morgan fingerprint density at radius 3 is 1.15 bits per heavy atom. The van der Waals surface area contributed by atoms with Crippen LogP contribution in [0.1, 0.15) is 6.42 Å². The van der Waals surface area contributed by atoms with Gasteiger partial charge in [0, 0.05) is 76.4 Å². The summed E-state index contributed by atoms with van der Waals surface area (Å²) in [5, 5.41) is 37.2. The topological polar surface area (TPSA) is 656 Å². The van der Waals surface area contributed by atoms with Gasteiger partial charge in [-0.1, -0.05) is 0 Å². The lowest BCUT2D eigenvalue weighted by Gasteiger charge is -2.51. The number of carboxylic acid groups (broad SMARTS) is 2. The van der Waals surface area contributed by atoms with Crippen molar-refractivity contribution in [2.45, 2.75) is 154 Å². The maximum absolute atomic E-state index is 13.1. The number of carboxylic acids is 2. The highest BCUT2D eigenvalue weighted by Crippen LogP contribution is 2.39. The van der Waals surface area contributed by atoms with Crippen molar-refractivity contribution in [3.8, 4) is 0 Å². The summed E-state index contributed by atoms with van der Waals surface area (Å²) in [6, 6.07) is 0. The zero-order valence-electron chi connectivity index (χ0n) is 48.0. The molecule has 0 aromatic rings. The smallest absolute Gasteiger partial charge is 0.218 e. The molecule has 0 aliphatic carbocycles. The Hall–Kier alpha value is -2.56. The van der Waals surface area contributed by atoms with Crippen molar-refractivity contribution in [1.29, 1.82) is 0 Å². The van der Waals surface area contributed by atoms with E-state index in [1.807, 2.05) is 0 Å². The molecule has 4 saturated heterocycles. The molecule has 4 fully saturated rings. The van der Waals surface area contributed by atoms with Crippen LogP contribution in [-0.4, -0.2) is 326 Å². The van der Waals surface area contributed by atoms with Gasteiger partial charge in [0.1, 0.15) is 97.7 Å². The van der Waals surface area contributed by atoms with Crippen molar-refractivity contribution in [3.63, 3.8) is 0 Å². The fraction of sp³-hybridized carbons (Fsp3) is 0.949. The molecule has 52 heteroatoms. The third-order valence-electron chi connectivity index (χ3n) is 13.3. The van der Waals surface area contributed by atoms with E-state index < -0.39 is 248 Å². The van der Waals surface area contributed by atoms with Gasteiger partial charge in [-0.2, -0.15) is 0 Å². The van der Waals surface area contributed by atoms with Gasteiger partial charge in [-0.3, -0.25) is 25.1 Å². The van der Waals surface area contributed by atoms with E-state index in [4.69, 9.17) is 80.5 Å². The van der Waals surface area contributed by atoms with Crippen LogP contribution < -0.4 is 10.2 Å². The summed E-state index contributed by atoms with van der Waals surface area (Å²) in [4.78, 5) is 25.6. The lowest BCUT2D eigenvalue weighted by atomic mass is 9.95. The first-order chi connectivity index (χ1) is 42.0. The number of methoxy groups -OCH3 is 9. The van der Waals surface area contributed by atoms with Crippen molar-refractivity contribution in [2.75, 3.05) is 83.8 Å². The quantitative estimate of drug-likeness (QED) is 0.0341. The number of aliphatic hydroxyl groups is 1. The van der Waals surface area contributed by atoms with Gasteiger partial charge in [-0.05, 0) is 0 Å². The number of carbonyl (C=O) groups is 2. The maximum Gasteiger partial charge on any atom is 0.218 e. The van der Waals surface area contributed by atoms with Gasteiger partial charge in [0.05, 0.1) is 31.9 Å². The average Bonchev–Trinajstić information content (AvgIpc) is 0.783. The molecule has 4 heterocycles. The van der Waals surface area contributed by atoms with E-state index >= 15 is 0 Å². The van der Waals surface area contributed by atoms with Gasteiger partial charge in [-0.25, -0.2) is 50.5 Å². The Morgan fingerprint density at radius 1 is 0.396 bits per heavy atom. The number of hydrogen-bond donors (Lipinski definition) is 1. The van der Waals surface area contributed by atoms with E-state index in [0.717, 1.165) is 49.8 Å². The largest absolute Gasteiger partial charge is 0.726 e. The summed E-state index contributed by atoms with van der Waals surface area (Å²) in [5.74, 6) is -4.52. The molecule has 4 aliphatic heterocycles. The van der Waals surface area contributed by atoms with Crippen LogP contribution in [-0.2, 0) is 178 Å². The number of rotatable bonds is 38. The van der Waals surface area contributed by atoms with E-state index in [9.17, 15) is 103 Å². The second-order valence-corrected chi connectivity index (χ2v) is 24.8. The first-order valence-electron chi connectivity index (χ1n) is 24.8. The fourth-order valence-electron chi connectivity index (χ4n) is 9.83. The first-order valence-corrected chi connectivity index (χ1v) is 32.8. The van der Waals surface area contributed by atoms with E-state index in [-0.39, 0.29) is 0 Å². The molecule has 0 radical (unpaired) electrons. The fourth-order valence-corrected chi connectivity index (χ4v) is 12.2. The minimum atomic E-state index is -6.46. The van der Waals surface area contributed by atoms with Crippen LogP contribution in [0.25, 0.3) is 0 Å². The molecule has 0 amide bonds. The normalized spacial score (nSPS) is 34.6. The van der Waals surface area contributed by atoms with Gasteiger partial charge in [0.15, 0.2) is 43.7 Å². The molecule has 91 heavy (non-hydrogen) atoms. The molecule has 0 saturated carbocycles. The van der Waals surface area contributed by atoms with Crippen LogP contribution in [0.15, 0.2) is 0 Å². The van der Waals surface area contributed by atoms with Crippen molar-refractivity contribution in [1.82, 2.24) is 0 Å². The number of hydrogen-bond acceptors (Lipinski definition) is 46. The highest BCUT2D eigenvalue weighted by molar-refractivity contribution is 7.82. The van der Waals surface area contributed by atoms with Crippen LogP contribution in [0.2, 0.25) is 0 Å². The monoisotopic (exact) mass is 1460 g/mol. The molecule has 4 aliphatic rings. The molecule has 24 atom stereocenters. The third kappa shape index (κ3) is 23.6. The Kier molecular flexibility index (Phi) is 30.3. The van der Waals surface area contributed by atoms with Gasteiger partial charge >= 0.3 is 0 Å². The Bertz CT molecular complexity index is 3030. The van der Waals surface area contributed by atoms with Crippen molar-refractivity contribution in [3.05, 3.63) is 0 Å². The lowest BCUT2D eigenvalue weighted by molar-refractivity contribution is -0.393. The number of carbonyl (C=O) groups excluding carboxylic acids is 2. The second-order valence-electron chi connectivity index (χ2n) is 18.6. The van der Waals surface area contributed by atoms with Gasteiger partial charge < -0.3 is 133 Å². The van der Waals surface area contributed by atoms with Crippen LogP contribution >= 0.6 is 0 Å². The molecule has 9 unspecified atom stereocenters. The van der Waals surface area contributed by atoms with Gasteiger partial charge in [-0.15, -0.1) is 0 Å². The van der Waals surface area contributed by atoms with Crippen LogP contribution in [0.3, 0.4) is 0 Å². The van der Waals surface area contributed by atoms with E-state index in [1.54, 1.807) is 0 Å². The standard InChI is InChI=1S/C39H68O46S6/c1-63-19(29(68-6)35(44)79-21-16(12-73-87(48,49)50)76-36(71-9)32(24(21)66-4)84-90(57,58)59)14(10-18(40)41)75-39-33(85-91(60,61)62)27(83-89(54,55)56)22(17(78-39)13-74-88(51,52)53)80-38-31(70-8)25(67-5)26(28(82-38)34(42)43)81-37-30(69-7)23(65-3)20(64-2)15(77-37)11-72-86(45,46)47/h14-17,19-33,35-39,44H,10-13H2,1-9H3,(H,40,41)(H,42,43)(H,45,46,47)(H,48,49,50)(H,51,52,53)(H,54,55,56)(H,57,58,59)(H,60,61,62)/p-8/t14-,15+,16+,17?,19+,20+,21+,22-,23?,24?,25?,26-,27-,28-,29?,30?,31?,32?,33?,35-,36-,37+,38-,39+/m0/s1. The summed E-state index contributed by atoms with van der Waals surface area (Å²) in [6.45, 7) is -4.34. The van der Waals surface area contributed by atoms with Gasteiger partial charge in [0.2, 0.25) is 62.4 Å². The minimum absolute atomic E-state index is 0.674. The van der Waals surface area contributed by atoms with E-state index in [1.165, 1.54) is 0 Å². The molecule has 536 valence electrons. The summed E-state index contributed by atoms with van der Waals surface area (Å²) < 4.78 is 336. The molecular weight excluding hydrogens is 1400 g/mol. The van der Waals surface area contributed by atoms with Crippen molar-refractivity contribution < 1.29 is 208 Å². The molecule has 46 nitrogen and oxygen atoms in total. The Morgan fingerprint density at radius 2 is 0.758 bits per heavy atom. The van der Waals surface area contributed by atoms with Gasteiger partial charge in [0.25, 0.3) is 0 Å². The van der Waals surface area contributed by atoms with Crippen LogP contribution in [0, 0.1) is 0 Å². The lowest BCUT2D eigenvalue weighted by Crippen LogP contribution is -2.69. The number of aliphatic carboxylic acids is 2. The summed E-state index contributed by atoms with van der Waals surface area (Å²) in [6.07, 6.45) is -56.9. The SMILES string of the molecule is COC1C(OC)[C@H](O[C@H]2O[C@H](COS(=O)(=O)[O-])[C@@H](OC)C(OC)C2OC)[C@@H](C(=O)[O-])O[C@@H]1O[C@H]1C(COS(=O)(=O)[O-])O[C@@H](O[C@@H](CC(=O)[O-])[C@@H](OC)C(OC)[C@@H](O)O[C@H]2C(OC)C(OS(=O)(=O)[O-])[C@@H](OC)O[C@@H]2COS(=O)(=O)[O-])C(OS(=O)(=O)[O-])[C@H]1OS(=O)(=O)[O-]. The number of ether oxygens (including phenoxy) is 17. The molecule has 0 bridgehead atoms. The maximum atomic E-state index is 13.1. The van der Waals surface area contributed by atoms with Crippen LogP contribution in [0.4, 0.5) is 0 Å². The predicted molar refractivity (Wildman–Crippen MR) is 259 cm³/mol. The Labute approximate surface area is 518 Å². The van der Waals surface area contributed by atoms with Crippen LogP contribution in [0.5, 0.6) is 0 Å². The summed E-state index contributed by atoms with van der Waals surface area (Å²) in [7, 11) is -27.9. The number of aliphatic hydroxyl groups excluding tert-OH is 1. The average molecular weight is 1460 g/mol. The minimum Gasteiger partial charge on any atom is -0.726 e. The van der Waals surface area contributed by atoms with Crippen molar-refractivity contribution >= 4 is 74.3 Å². The molecule has 1 N–H and O–H groups in total. The Balaban J connectivity index is 1.87. The first kappa shape index (κ1) is 80.9.